The van der Waals surface area contributed by atoms with Crippen molar-refractivity contribution in [2.24, 2.45) is 0 Å². The Morgan fingerprint density at radius 2 is 1.48 bits per heavy atom. The lowest BCUT2D eigenvalue weighted by Crippen LogP contribution is -2.23. The lowest BCUT2D eigenvalue weighted by Gasteiger charge is -2.22. The summed E-state index contributed by atoms with van der Waals surface area (Å²) in [6.07, 6.45) is 14.0. The zero-order valence-electron chi connectivity index (χ0n) is 16.2. The molecule has 1 N–H and O–H groups in total. The quantitative estimate of drug-likeness (QED) is 0.333. The Bertz CT molecular complexity index is 978. The summed E-state index contributed by atoms with van der Waals surface area (Å²) >= 11 is 0. The standard InChI is InChI=1S/C26H24N2.ClH/c1-5-14-24(15-6-1)27-28(25-16-7-2-8-17-25)21-11-3-4-12-22-19-20-23-13-9-10-18-26(22)23;/h1-11,13-22,27H,12H2;1H. The molecule has 1 unspecified atom stereocenters. The van der Waals surface area contributed by atoms with Crippen molar-refractivity contribution in [1.29, 1.82) is 0 Å². The zero-order chi connectivity index (χ0) is 19.0. The average Bonchev–Trinajstić information content (AvgIpc) is 3.17. The van der Waals surface area contributed by atoms with Crippen LogP contribution in [0.3, 0.4) is 0 Å². The van der Waals surface area contributed by atoms with Gasteiger partial charge in [0.15, 0.2) is 0 Å². The summed E-state index contributed by atoms with van der Waals surface area (Å²) in [5.74, 6) is 0.480. The molecule has 0 amide bonds. The maximum atomic E-state index is 3.44. The maximum Gasteiger partial charge on any atom is 0.0623 e. The third-order valence-electron chi connectivity index (χ3n) is 4.83. The van der Waals surface area contributed by atoms with Crippen LogP contribution in [0, 0.1) is 0 Å². The van der Waals surface area contributed by atoms with Crippen molar-refractivity contribution in [1.82, 2.24) is 0 Å². The smallest absolute Gasteiger partial charge is 0.0623 e. The van der Waals surface area contributed by atoms with Crippen LogP contribution >= 0.6 is 12.4 Å². The van der Waals surface area contributed by atoms with Gasteiger partial charge in [-0.2, -0.15) is 0 Å². The van der Waals surface area contributed by atoms with Gasteiger partial charge in [-0.25, -0.2) is 0 Å². The van der Waals surface area contributed by atoms with E-state index in [-0.39, 0.29) is 12.4 Å². The molecule has 0 fully saturated rings. The van der Waals surface area contributed by atoms with Gasteiger partial charge in [0.05, 0.1) is 11.4 Å². The highest BCUT2D eigenvalue weighted by Crippen LogP contribution is 2.32. The highest BCUT2D eigenvalue weighted by molar-refractivity contribution is 5.85. The van der Waals surface area contributed by atoms with Gasteiger partial charge in [-0.1, -0.05) is 85.0 Å². The Morgan fingerprint density at radius 1 is 0.793 bits per heavy atom. The highest BCUT2D eigenvalue weighted by atomic mass is 35.5. The summed E-state index contributed by atoms with van der Waals surface area (Å²) in [5.41, 5.74) is 8.35. The monoisotopic (exact) mass is 400 g/mol. The Morgan fingerprint density at radius 3 is 2.28 bits per heavy atom. The summed E-state index contributed by atoms with van der Waals surface area (Å²) in [4.78, 5) is 0. The van der Waals surface area contributed by atoms with Crippen molar-refractivity contribution in [3.05, 3.63) is 127 Å². The molecule has 0 aromatic heterocycles. The number of nitrogens with one attached hydrogen (secondary N) is 1. The van der Waals surface area contributed by atoms with Gasteiger partial charge in [0.1, 0.15) is 0 Å². The lowest BCUT2D eigenvalue weighted by molar-refractivity contribution is 0.880. The maximum absolute atomic E-state index is 3.44. The number of hydrazine groups is 1. The van der Waals surface area contributed by atoms with E-state index in [1.807, 2.05) is 41.4 Å². The van der Waals surface area contributed by atoms with E-state index in [1.165, 1.54) is 11.1 Å². The molecule has 1 aliphatic rings. The number of rotatable bonds is 7. The third-order valence-corrected chi connectivity index (χ3v) is 4.83. The number of fused-ring (bicyclic) bond motifs is 1. The SMILES string of the molecule is C(C=CN(Nc1ccccc1)c1ccccc1)=CCC1C=Cc2ccccc21.Cl. The highest BCUT2D eigenvalue weighted by Gasteiger charge is 2.14. The van der Waals surface area contributed by atoms with Crippen LogP contribution in [0.5, 0.6) is 0 Å². The molecule has 3 aromatic carbocycles. The first-order valence-electron chi connectivity index (χ1n) is 9.66. The first kappa shape index (κ1) is 20.5. The second-order valence-electron chi connectivity index (χ2n) is 6.78. The summed E-state index contributed by atoms with van der Waals surface area (Å²) in [6.45, 7) is 0. The number of hydrogen-bond donors (Lipinski definition) is 1. The van der Waals surface area contributed by atoms with Gasteiger partial charge in [-0.3, -0.25) is 10.4 Å². The molecule has 146 valence electrons. The Kier molecular flexibility index (Phi) is 7.32. The van der Waals surface area contributed by atoms with E-state index >= 15 is 0 Å². The number of halogens is 1. The second kappa shape index (κ2) is 10.4. The normalized spacial score (nSPS) is 14.7. The molecule has 1 atom stereocenters. The number of para-hydroxylation sites is 2. The van der Waals surface area contributed by atoms with Gasteiger partial charge in [-0.05, 0) is 47.9 Å². The topological polar surface area (TPSA) is 15.3 Å². The van der Waals surface area contributed by atoms with Gasteiger partial charge in [-0.15, -0.1) is 12.4 Å². The molecule has 0 saturated heterocycles. The number of nitrogens with zero attached hydrogens (tertiary/aromatic N) is 1. The average molecular weight is 401 g/mol. The summed E-state index contributed by atoms with van der Waals surface area (Å²) in [5, 5.41) is 2.03. The molecule has 4 rings (SSSR count). The third kappa shape index (κ3) is 5.40. The van der Waals surface area contributed by atoms with Crippen molar-refractivity contribution in [3.8, 4) is 0 Å². The number of anilines is 2. The molecule has 0 saturated carbocycles. The van der Waals surface area contributed by atoms with Crippen LogP contribution in [0.15, 0.2) is 115 Å². The van der Waals surface area contributed by atoms with Crippen LogP contribution in [-0.4, -0.2) is 0 Å². The minimum absolute atomic E-state index is 0. The fourth-order valence-corrected chi connectivity index (χ4v) is 3.40. The summed E-state index contributed by atoms with van der Waals surface area (Å²) in [7, 11) is 0. The fourth-order valence-electron chi connectivity index (χ4n) is 3.40. The van der Waals surface area contributed by atoms with Gasteiger partial charge >= 0.3 is 0 Å². The molecule has 0 spiro atoms. The molecule has 3 aromatic rings. The second-order valence-corrected chi connectivity index (χ2v) is 6.78. The van der Waals surface area contributed by atoms with E-state index in [1.54, 1.807) is 0 Å². The molecule has 0 radical (unpaired) electrons. The van der Waals surface area contributed by atoms with Crippen LogP contribution in [-0.2, 0) is 0 Å². The lowest BCUT2D eigenvalue weighted by atomic mass is 9.97. The van der Waals surface area contributed by atoms with Gasteiger partial charge in [0.2, 0.25) is 0 Å². The zero-order valence-corrected chi connectivity index (χ0v) is 17.0. The fraction of sp³-hybridized carbons (Fsp3) is 0.0769. The van der Waals surface area contributed by atoms with E-state index in [0.29, 0.717) is 5.92 Å². The van der Waals surface area contributed by atoms with E-state index in [9.17, 15) is 0 Å². The summed E-state index contributed by atoms with van der Waals surface area (Å²) in [6, 6.07) is 29.1. The number of hydrogen-bond acceptors (Lipinski definition) is 2. The molecule has 1 aliphatic carbocycles. The Balaban J connectivity index is 0.00000240. The van der Waals surface area contributed by atoms with Crippen molar-refractivity contribution < 1.29 is 0 Å². The van der Waals surface area contributed by atoms with Crippen LogP contribution in [0.4, 0.5) is 11.4 Å². The predicted molar refractivity (Wildman–Crippen MR) is 127 cm³/mol. The van der Waals surface area contributed by atoms with Crippen molar-refractivity contribution >= 4 is 29.9 Å². The molecule has 0 bridgehead atoms. The van der Waals surface area contributed by atoms with E-state index in [0.717, 1.165) is 17.8 Å². The first-order chi connectivity index (χ1) is 13.9. The van der Waals surface area contributed by atoms with Gasteiger partial charge in [0.25, 0.3) is 0 Å². The largest absolute Gasteiger partial charge is 0.294 e. The van der Waals surface area contributed by atoms with Crippen LogP contribution < -0.4 is 10.4 Å². The van der Waals surface area contributed by atoms with Crippen molar-refractivity contribution in [3.63, 3.8) is 0 Å². The van der Waals surface area contributed by atoms with E-state index in [4.69, 9.17) is 0 Å². The molecule has 0 heterocycles. The van der Waals surface area contributed by atoms with Crippen molar-refractivity contribution in [2.75, 3.05) is 10.4 Å². The molecular weight excluding hydrogens is 376 g/mol. The van der Waals surface area contributed by atoms with Crippen LogP contribution in [0.2, 0.25) is 0 Å². The molecule has 3 heteroatoms. The molecule has 2 nitrogen and oxygen atoms in total. The van der Waals surface area contributed by atoms with E-state index < -0.39 is 0 Å². The summed E-state index contributed by atoms with van der Waals surface area (Å²) < 4.78 is 0. The minimum atomic E-state index is 0. The van der Waals surface area contributed by atoms with Crippen molar-refractivity contribution in [2.45, 2.75) is 12.3 Å². The van der Waals surface area contributed by atoms with Crippen LogP contribution in [0.1, 0.15) is 23.5 Å². The predicted octanol–water partition coefficient (Wildman–Crippen LogP) is 7.21. The molecule has 0 aliphatic heterocycles. The molecular formula is C26H25ClN2. The number of allylic oxidation sites excluding steroid dienone is 4. The first-order valence-corrected chi connectivity index (χ1v) is 9.66. The van der Waals surface area contributed by atoms with Gasteiger partial charge < -0.3 is 0 Å². The molecule has 29 heavy (non-hydrogen) atoms. The minimum Gasteiger partial charge on any atom is -0.294 e. The van der Waals surface area contributed by atoms with Gasteiger partial charge in [0, 0.05) is 12.1 Å². The number of benzene rings is 3. The van der Waals surface area contributed by atoms with E-state index in [2.05, 4.69) is 90.5 Å². The Labute approximate surface area is 179 Å². The van der Waals surface area contributed by atoms with Crippen LogP contribution in [0.25, 0.3) is 6.08 Å². The Hall–Kier alpha value is -3.23.